The lowest BCUT2D eigenvalue weighted by Crippen LogP contribution is -2.27. The van der Waals surface area contributed by atoms with E-state index in [9.17, 15) is 14.4 Å². The molecule has 0 heterocycles. The lowest BCUT2D eigenvalue weighted by Gasteiger charge is -2.17. The first-order valence-corrected chi connectivity index (χ1v) is 9.94. The number of ether oxygens (including phenoxy) is 1. The minimum atomic E-state index is -0.639. The average Bonchev–Trinajstić information content (AvgIpc) is 2.66. The van der Waals surface area contributed by atoms with Crippen LogP contribution in [0.15, 0.2) is 53.4 Å². The number of esters is 1. The third-order valence-corrected chi connectivity index (χ3v) is 4.49. The van der Waals surface area contributed by atoms with E-state index in [0.717, 1.165) is 4.90 Å². The van der Waals surface area contributed by atoms with Gasteiger partial charge < -0.3 is 15.4 Å². The van der Waals surface area contributed by atoms with Crippen LogP contribution in [0.25, 0.3) is 0 Å². The number of thioether (sulfide) groups is 1. The topological polar surface area (TPSA) is 84.5 Å². The van der Waals surface area contributed by atoms with Crippen LogP contribution in [-0.4, -0.2) is 30.6 Å². The Kier molecular flexibility index (Phi) is 7.23. The Labute approximate surface area is 169 Å². The fourth-order valence-corrected chi connectivity index (χ4v) is 2.54. The summed E-state index contributed by atoms with van der Waals surface area (Å²) in [5, 5.41) is 5.43. The van der Waals surface area contributed by atoms with E-state index < -0.39 is 23.9 Å². The normalized spacial score (nSPS) is 10.9. The molecule has 2 aromatic carbocycles. The first-order chi connectivity index (χ1) is 13.2. The number of rotatable bonds is 6. The number of carbonyl (C=O) groups is 3. The highest BCUT2D eigenvalue weighted by molar-refractivity contribution is 7.98. The van der Waals surface area contributed by atoms with Crippen molar-refractivity contribution in [1.82, 2.24) is 0 Å². The molecule has 0 spiro atoms. The standard InChI is InChI=1S/C21H24N2O4S/c1-21(2,3)20(26)23-16-7-5-6-14(12-16)19(25)27-13-18(24)22-15-8-10-17(28-4)11-9-15/h5-12H,13H2,1-4H3,(H,22,24)(H,23,26). The first kappa shape index (κ1) is 21.5. The molecule has 2 N–H and O–H groups in total. The molecule has 2 rings (SSSR count). The van der Waals surface area contributed by atoms with E-state index in [0.29, 0.717) is 11.4 Å². The molecule has 0 aliphatic heterocycles. The van der Waals surface area contributed by atoms with Crippen LogP contribution in [-0.2, 0) is 14.3 Å². The summed E-state index contributed by atoms with van der Waals surface area (Å²) < 4.78 is 5.07. The smallest absolute Gasteiger partial charge is 0.338 e. The van der Waals surface area contributed by atoms with Gasteiger partial charge in [-0.3, -0.25) is 9.59 Å². The molecule has 2 aromatic rings. The maximum atomic E-state index is 12.2. The van der Waals surface area contributed by atoms with Crippen LogP contribution in [0.1, 0.15) is 31.1 Å². The van der Waals surface area contributed by atoms with Crippen LogP contribution >= 0.6 is 11.8 Å². The van der Waals surface area contributed by atoms with Crippen molar-refractivity contribution in [2.24, 2.45) is 5.41 Å². The van der Waals surface area contributed by atoms with Crippen molar-refractivity contribution in [3.63, 3.8) is 0 Å². The quantitative estimate of drug-likeness (QED) is 0.561. The SMILES string of the molecule is CSc1ccc(NC(=O)COC(=O)c2cccc(NC(=O)C(C)(C)C)c2)cc1. The van der Waals surface area contributed by atoms with Crippen LogP contribution in [0, 0.1) is 5.41 Å². The van der Waals surface area contributed by atoms with E-state index in [1.54, 1.807) is 62.9 Å². The van der Waals surface area contributed by atoms with Crippen LogP contribution in [0.2, 0.25) is 0 Å². The molecule has 0 fully saturated rings. The molecule has 0 bridgehead atoms. The highest BCUT2D eigenvalue weighted by atomic mass is 32.2. The molecule has 0 saturated heterocycles. The zero-order chi connectivity index (χ0) is 20.7. The fourth-order valence-electron chi connectivity index (χ4n) is 2.13. The minimum Gasteiger partial charge on any atom is -0.452 e. The lowest BCUT2D eigenvalue weighted by atomic mass is 9.95. The van der Waals surface area contributed by atoms with Gasteiger partial charge in [0.25, 0.3) is 5.91 Å². The van der Waals surface area contributed by atoms with Gasteiger partial charge in [-0.2, -0.15) is 0 Å². The van der Waals surface area contributed by atoms with Gasteiger partial charge in [0.05, 0.1) is 5.56 Å². The highest BCUT2D eigenvalue weighted by Crippen LogP contribution is 2.19. The van der Waals surface area contributed by atoms with Gasteiger partial charge in [0, 0.05) is 21.7 Å². The van der Waals surface area contributed by atoms with Crippen LogP contribution in [0.3, 0.4) is 0 Å². The van der Waals surface area contributed by atoms with Crippen molar-refractivity contribution in [3.8, 4) is 0 Å². The van der Waals surface area contributed by atoms with E-state index in [1.165, 1.54) is 6.07 Å². The average molecular weight is 401 g/mol. The molecule has 0 saturated carbocycles. The number of carbonyl (C=O) groups excluding carboxylic acids is 3. The monoisotopic (exact) mass is 400 g/mol. The third kappa shape index (κ3) is 6.42. The molecule has 148 valence electrons. The second-order valence-corrected chi connectivity index (χ2v) is 8.02. The third-order valence-electron chi connectivity index (χ3n) is 3.75. The van der Waals surface area contributed by atoms with Crippen molar-refractivity contribution in [2.75, 3.05) is 23.5 Å². The Morgan fingerprint density at radius 1 is 0.964 bits per heavy atom. The number of nitrogens with one attached hydrogen (secondary N) is 2. The van der Waals surface area contributed by atoms with Gasteiger partial charge in [0.1, 0.15) is 0 Å². The second kappa shape index (κ2) is 9.41. The summed E-state index contributed by atoms with van der Waals surface area (Å²) >= 11 is 1.61. The van der Waals surface area contributed by atoms with Gasteiger partial charge in [-0.15, -0.1) is 11.8 Å². The molecular weight excluding hydrogens is 376 g/mol. The number of benzene rings is 2. The summed E-state index contributed by atoms with van der Waals surface area (Å²) in [7, 11) is 0. The van der Waals surface area contributed by atoms with Gasteiger partial charge in [0.2, 0.25) is 5.91 Å². The van der Waals surface area contributed by atoms with E-state index in [1.807, 2.05) is 18.4 Å². The summed E-state index contributed by atoms with van der Waals surface area (Å²) in [5.41, 5.74) is 0.824. The number of hydrogen-bond acceptors (Lipinski definition) is 5. The Hall–Kier alpha value is -2.80. The predicted molar refractivity (Wildman–Crippen MR) is 112 cm³/mol. The molecule has 0 aliphatic carbocycles. The molecule has 28 heavy (non-hydrogen) atoms. The predicted octanol–water partition coefficient (Wildman–Crippen LogP) is 4.19. The lowest BCUT2D eigenvalue weighted by molar-refractivity contribution is -0.123. The number of anilines is 2. The molecule has 0 radical (unpaired) electrons. The van der Waals surface area contributed by atoms with Crippen molar-refractivity contribution in [3.05, 3.63) is 54.1 Å². The highest BCUT2D eigenvalue weighted by Gasteiger charge is 2.21. The van der Waals surface area contributed by atoms with Gasteiger partial charge >= 0.3 is 5.97 Å². The number of amides is 2. The minimum absolute atomic E-state index is 0.162. The first-order valence-electron chi connectivity index (χ1n) is 8.71. The van der Waals surface area contributed by atoms with E-state index in [4.69, 9.17) is 4.74 Å². The molecule has 0 aromatic heterocycles. The summed E-state index contributed by atoms with van der Waals surface area (Å²) in [4.78, 5) is 37.3. The molecule has 7 heteroatoms. The fraction of sp³-hybridized carbons (Fsp3) is 0.286. The summed E-state index contributed by atoms with van der Waals surface area (Å²) in [6.07, 6.45) is 1.97. The van der Waals surface area contributed by atoms with Gasteiger partial charge in [-0.25, -0.2) is 4.79 Å². The summed E-state index contributed by atoms with van der Waals surface area (Å²) in [6, 6.07) is 13.8. The molecule has 0 unspecified atom stereocenters. The maximum Gasteiger partial charge on any atom is 0.338 e. The van der Waals surface area contributed by atoms with Crippen molar-refractivity contribution in [2.45, 2.75) is 25.7 Å². The van der Waals surface area contributed by atoms with E-state index in [-0.39, 0.29) is 11.5 Å². The van der Waals surface area contributed by atoms with Crippen LogP contribution in [0.5, 0.6) is 0 Å². The Balaban J connectivity index is 1.90. The molecule has 2 amide bonds. The molecule has 0 aliphatic rings. The zero-order valence-electron chi connectivity index (χ0n) is 16.4. The largest absolute Gasteiger partial charge is 0.452 e. The number of hydrogen-bond donors (Lipinski definition) is 2. The summed E-state index contributed by atoms with van der Waals surface area (Å²) in [5.74, 6) is -1.23. The van der Waals surface area contributed by atoms with Gasteiger partial charge in [0.15, 0.2) is 6.61 Å². The van der Waals surface area contributed by atoms with Crippen molar-refractivity contribution < 1.29 is 19.1 Å². The van der Waals surface area contributed by atoms with Crippen LogP contribution < -0.4 is 10.6 Å². The van der Waals surface area contributed by atoms with E-state index >= 15 is 0 Å². The van der Waals surface area contributed by atoms with Crippen molar-refractivity contribution in [1.29, 1.82) is 0 Å². The Morgan fingerprint density at radius 3 is 2.25 bits per heavy atom. The molecule has 0 atom stereocenters. The van der Waals surface area contributed by atoms with Gasteiger partial charge in [-0.1, -0.05) is 26.8 Å². The summed E-state index contributed by atoms with van der Waals surface area (Å²) in [6.45, 7) is 5.00. The maximum absolute atomic E-state index is 12.2. The zero-order valence-corrected chi connectivity index (χ0v) is 17.2. The Bertz CT molecular complexity index is 857. The molecular formula is C21H24N2O4S. The van der Waals surface area contributed by atoms with Gasteiger partial charge in [-0.05, 0) is 48.7 Å². The molecule has 6 nitrogen and oxygen atoms in total. The van der Waals surface area contributed by atoms with E-state index in [2.05, 4.69) is 10.6 Å². The Morgan fingerprint density at radius 2 is 1.64 bits per heavy atom. The van der Waals surface area contributed by atoms with Crippen LogP contribution in [0.4, 0.5) is 11.4 Å². The second-order valence-electron chi connectivity index (χ2n) is 7.14. The van der Waals surface area contributed by atoms with Crippen molar-refractivity contribution >= 4 is 40.9 Å².